The van der Waals surface area contributed by atoms with Gasteiger partial charge in [0.25, 0.3) is 0 Å². The lowest BCUT2D eigenvalue weighted by Crippen LogP contribution is -2.53. The van der Waals surface area contributed by atoms with E-state index in [1.807, 2.05) is 0 Å². The molecule has 3 heteroatoms. The largest absolute Gasteiger partial charge is 0.330 e. The molecule has 2 N–H and O–H groups in total. The highest BCUT2D eigenvalue weighted by Crippen LogP contribution is 2.65. The number of fused-ring (bicyclic) bond motifs is 5. The maximum atomic E-state index is 12.5. The van der Waals surface area contributed by atoms with Gasteiger partial charge in [-0.2, -0.15) is 11.8 Å². The van der Waals surface area contributed by atoms with Gasteiger partial charge in [0, 0.05) is 17.1 Å². The zero-order valence-electron chi connectivity index (χ0n) is 16.3. The first-order valence-corrected chi connectivity index (χ1v) is 11.9. The van der Waals surface area contributed by atoms with Gasteiger partial charge >= 0.3 is 0 Å². The van der Waals surface area contributed by atoms with E-state index in [1.165, 1.54) is 63.5 Å². The summed E-state index contributed by atoms with van der Waals surface area (Å²) in [6.45, 7) is 5.78. The van der Waals surface area contributed by atoms with E-state index in [0.717, 1.165) is 36.0 Å². The number of thioether (sulfide) groups is 1. The Hall–Kier alpha value is -0.0200. The molecule has 4 fully saturated rings. The van der Waals surface area contributed by atoms with E-state index >= 15 is 0 Å². The maximum absolute atomic E-state index is 12.5. The number of rotatable bonds is 4. The van der Waals surface area contributed by atoms with Crippen molar-refractivity contribution in [1.29, 1.82) is 0 Å². The van der Waals surface area contributed by atoms with Crippen molar-refractivity contribution in [3.63, 3.8) is 0 Å². The molecule has 4 aliphatic rings. The molecule has 4 rings (SSSR count). The van der Waals surface area contributed by atoms with Gasteiger partial charge in [-0.15, -0.1) is 0 Å². The van der Waals surface area contributed by atoms with Crippen LogP contribution < -0.4 is 5.73 Å². The lowest BCUT2D eigenvalue weighted by Gasteiger charge is -2.60. The van der Waals surface area contributed by atoms with Gasteiger partial charge in [-0.05, 0) is 99.2 Å². The standard InChI is InChI=1S/C22H37NOS/c1-21-10-8-16(25-13-3-12-23)14-15(21)4-5-17-18-6-7-20(24)22(18,2)11-9-19(17)21/h15-19H,3-14,23H2,1-2H3. The monoisotopic (exact) mass is 363 g/mol. The van der Waals surface area contributed by atoms with Crippen molar-refractivity contribution in [1.82, 2.24) is 0 Å². The van der Waals surface area contributed by atoms with Gasteiger partial charge in [-0.1, -0.05) is 13.8 Å². The topological polar surface area (TPSA) is 43.1 Å². The molecule has 0 aliphatic heterocycles. The Morgan fingerprint density at radius 3 is 2.72 bits per heavy atom. The number of nitrogens with two attached hydrogens (primary N) is 1. The summed E-state index contributed by atoms with van der Waals surface area (Å²) in [5, 5.41) is 0.878. The minimum absolute atomic E-state index is 0.0413. The second-order valence-electron chi connectivity index (χ2n) is 9.98. The van der Waals surface area contributed by atoms with Crippen LogP contribution in [0.3, 0.4) is 0 Å². The van der Waals surface area contributed by atoms with E-state index in [0.29, 0.717) is 17.1 Å². The van der Waals surface area contributed by atoms with Crippen LogP contribution in [0, 0.1) is 34.5 Å². The summed E-state index contributed by atoms with van der Waals surface area (Å²) in [6, 6.07) is 0. The molecule has 25 heavy (non-hydrogen) atoms. The van der Waals surface area contributed by atoms with Gasteiger partial charge in [-0.3, -0.25) is 4.79 Å². The second kappa shape index (κ2) is 6.86. The van der Waals surface area contributed by atoms with Gasteiger partial charge in [0.1, 0.15) is 5.78 Å². The zero-order chi connectivity index (χ0) is 17.7. The van der Waals surface area contributed by atoms with Gasteiger partial charge < -0.3 is 5.73 Å². The van der Waals surface area contributed by atoms with Crippen LogP contribution in [0.25, 0.3) is 0 Å². The fourth-order valence-electron chi connectivity index (χ4n) is 7.47. The fraction of sp³-hybridized carbons (Fsp3) is 0.955. The Labute approximate surface area is 158 Å². The molecule has 7 unspecified atom stereocenters. The van der Waals surface area contributed by atoms with E-state index in [1.54, 1.807) is 0 Å². The molecule has 0 aromatic heterocycles. The first kappa shape index (κ1) is 18.3. The van der Waals surface area contributed by atoms with Crippen LogP contribution in [-0.2, 0) is 4.79 Å². The fourth-order valence-corrected chi connectivity index (χ4v) is 8.79. The summed E-state index contributed by atoms with van der Waals surface area (Å²) in [7, 11) is 0. The van der Waals surface area contributed by atoms with Crippen LogP contribution in [0.15, 0.2) is 0 Å². The number of carbonyl (C=O) groups is 1. The number of carbonyl (C=O) groups excluding carboxylic acids is 1. The van der Waals surface area contributed by atoms with E-state index in [9.17, 15) is 4.79 Å². The first-order chi connectivity index (χ1) is 12.0. The summed E-state index contributed by atoms with van der Waals surface area (Å²) in [6.07, 6.45) is 12.8. The molecule has 0 saturated heterocycles. The Morgan fingerprint density at radius 1 is 1.08 bits per heavy atom. The molecule has 0 radical (unpaired) electrons. The average molecular weight is 364 g/mol. The summed E-state index contributed by atoms with van der Waals surface area (Å²) < 4.78 is 0. The molecule has 2 nitrogen and oxygen atoms in total. The van der Waals surface area contributed by atoms with Crippen molar-refractivity contribution in [3.05, 3.63) is 0 Å². The molecular weight excluding hydrogens is 326 g/mol. The summed E-state index contributed by atoms with van der Waals surface area (Å²) >= 11 is 2.20. The zero-order valence-corrected chi connectivity index (χ0v) is 17.1. The number of ketones is 1. The van der Waals surface area contributed by atoms with E-state index in [4.69, 9.17) is 5.73 Å². The molecule has 0 aromatic rings. The van der Waals surface area contributed by atoms with E-state index in [-0.39, 0.29) is 5.41 Å². The van der Waals surface area contributed by atoms with Crippen LogP contribution in [0.4, 0.5) is 0 Å². The minimum atomic E-state index is 0.0413. The third kappa shape index (κ3) is 2.92. The van der Waals surface area contributed by atoms with Crippen molar-refractivity contribution in [2.24, 2.45) is 40.2 Å². The Morgan fingerprint density at radius 2 is 1.92 bits per heavy atom. The Bertz CT molecular complexity index is 522. The molecule has 0 aromatic carbocycles. The Kier molecular flexibility index (Phi) is 5.03. The quantitative estimate of drug-likeness (QED) is 0.711. The third-order valence-corrected chi connectivity index (χ3v) is 10.5. The van der Waals surface area contributed by atoms with Crippen molar-refractivity contribution in [2.45, 2.75) is 83.3 Å². The highest BCUT2D eigenvalue weighted by atomic mass is 32.2. The van der Waals surface area contributed by atoms with Gasteiger partial charge in [-0.25, -0.2) is 0 Å². The maximum Gasteiger partial charge on any atom is 0.139 e. The SMILES string of the molecule is CC12CCC3C(CCC4CC(SCCCN)CCC43C)C1CCC2=O. The Balaban J connectivity index is 1.46. The number of Topliss-reactive ketones (excluding diaryl/α,β-unsaturated/α-hetero) is 1. The van der Waals surface area contributed by atoms with Gasteiger partial charge in [0.15, 0.2) is 0 Å². The molecule has 0 bridgehead atoms. The highest BCUT2D eigenvalue weighted by molar-refractivity contribution is 7.99. The summed E-state index contributed by atoms with van der Waals surface area (Å²) in [4.78, 5) is 12.5. The van der Waals surface area contributed by atoms with Crippen LogP contribution in [0.2, 0.25) is 0 Å². The molecule has 0 spiro atoms. The van der Waals surface area contributed by atoms with Crippen molar-refractivity contribution < 1.29 is 4.79 Å². The smallest absolute Gasteiger partial charge is 0.139 e. The second-order valence-corrected chi connectivity index (χ2v) is 11.4. The molecular formula is C22H37NOS. The average Bonchev–Trinajstić information content (AvgIpc) is 2.90. The normalized spacial score (nSPS) is 49.4. The predicted molar refractivity (Wildman–Crippen MR) is 107 cm³/mol. The van der Waals surface area contributed by atoms with Gasteiger partial charge in [0.05, 0.1) is 0 Å². The van der Waals surface area contributed by atoms with Crippen LogP contribution >= 0.6 is 11.8 Å². The van der Waals surface area contributed by atoms with Crippen molar-refractivity contribution >= 4 is 17.5 Å². The van der Waals surface area contributed by atoms with E-state index in [2.05, 4.69) is 25.6 Å². The highest BCUT2D eigenvalue weighted by Gasteiger charge is 2.60. The lowest BCUT2D eigenvalue weighted by molar-refractivity contribution is -0.138. The molecule has 0 amide bonds. The molecule has 0 heterocycles. The predicted octanol–water partition coefficient (Wildman–Crippen LogP) is 5.05. The summed E-state index contributed by atoms with van der Waals surface area (Å²) in [5.41, 5.74) is 6.27. The van der Waals surface area contributed by atoms with Crippen LogP contribution in [0.1, 0.15) is 78.1 Å². The first-order valence-electron chi connectivity index (χ1n) is 10.8. The molecule has 7 atom stereocenters. The van der Waals surface area contributed by atoms with E-state index < -0.39 is 0 Å². The van der Waals surface area contributed by atoms with Crippen LogP contribution in [-0.4, -0.2) is 23.3 Å². The van der Waals surface area contributed by atoms with Crippen molar-refractivity contribution in [2.75, 3.05) is 12.3 Å². The third-order valence-electron chi connectivity index (χ3n) is 9.03. The minimum Gasteiger partial charge on any atom is -0.330 e. The number of hydrogen-bond acceptors (Lipinski definition) is 3. The molecule has 4 saturated carbocycles. The summed E-state index contributed by atoms with van der Waals surface area (Å²) in [5.74, 6) is 5.20. The van der Waals surface area contributed by atoms with Gasteiger partial charge in [0.2, 0.25) is 0 Å². The lowest BCUT2D eigenvalue weighted by atomic mass is 9.45. The van der Waals surface area contributed by atoms with Crippen LogP contribution in [0.5, 0.6) is 0 Å². The molecule has 4 aliphatic carbocycles. The van der Waals surface area contributed by atoms with Crippen molar-refractivity contribution in [3.8, 4) is 0 Å². The number of hydrogen-bond donors (Lipinski definition) is 1. The molecule has 142 valence electrons.